The van der Waals surface area contributed by atoms with Gasteiger partial charge < -0.3 is 9.72 Å². The Hall–Kier alpha value is -3.80. The number of H-pyrrole nitrogens is 3. The molecule has 2 heterocycles. The van der Waals surface area contributed by atoms with Crippen molar-refractivity contribution in [1.82, 2.24) is 15.2 Å². The molecule has 0 bridgehead atoms. The molecule has 0 aliphatic rings. The summed E-state index contributed by atoms with van der Waals surface area (Å²) in [6.45, 7) is 2.04. The number of ether oxygens (including phenoxy) is 1. The molecular weight excluding hydrogens is 366 g/mol. The Kier molecular flexibility index (Phi) is 5.16. The molecule has 0 saturated heterocycles. The number of hydrogen-bond acceptors (Lipinski definition) is 3. The summed E-state index contributed by atoms with van der Waals surface area (Å²) in [5.74, 6) is -0.419. The third-order valence-electron chi connectivity index (χ3n) is 4.73. The summed E-state index contributed by atoms with van der Waals surface area (Å²) in [5.41, 5.74) is 2.67. The largest absolute Gasteiger partial charge is 0.462 e. The van der Waals surface area contributed by atoms with Crippen molar-refractivity contribution in [2.24, 2.45) is 0 Å². The average molecular weight is 387 g/mol. The van der Waals surface area contributed by atoms with Crippen molar-refractivity contribution in [3.05, 3.63) is 92.3 Å². The van der Waals surface area contributed by atoms with E-state index in [1.807, 2.05) is 60.7 Å². The SMILES string of the molecule is CCOC(=O)c1c(C=c2c(=O)[nH][nH]c2=CCc2ccccc2)[nH]c2ccccc12. The highest BCUT2D eigenvalue weighted by Crippen LogP contribution is 2.23. The summed E-state index contributed by atoms with van der Waals surface area (Å²) >= 11 is 0. The minimum absolute atomic E-state index is 0.252. The molecule has 6 heteroatoms. The Bertz CT molecular complexity index is 1330. The number of carbonyl (C=O) groups is 1. The molecule has 0 amide bonds. The lowest BCUT2D eigenvalue weighted by atomic mass is 10.1. The predicted molar refractivity (Wildman–Crippen MR) is 113 cm³/mol. The van der Waals surface area contributed by atoms with Crippen molar-refractivity contribution in [2.45, 2.75) is 13.3 Å². The van der Waals surface area contributed by atoms with Crippen LogP contribution in [0.4, 0.5) is 0 Å². The predicted octanol–water partition coefficient (Wildman–Crippen LogP) is 2.21. The molecule has 4 aromatic rings. The highest BCUT2D eigenvalue weighted by Gasteiger charge is 2.18. The molecule has 0 atom stereocenters. The van der Waals surface area contributed by atoms with Gasteiger partial charge in [0.05, 0.1) is 28.4 Å². The Morgan fingerprint density at radius 1 is 1.03 bits per heavy atom. The van der Waals surface area contributed by atoms with Crippen LogP contribution in [0.2, 0.25) is 0 Å². The molecule has 146 valence electrons. The van der Waals surface area contributed by atoms with Crippen molar-refractivity contribution in [3.8, 4) is 0 Å². The molecule has 3 N–H and O–H groups in total. The molecule has 29 heavy (non-hydrogen) atoms. The summed E-state index contributed by atoms with van der Waals surface area (Å²) in [4.78, 5) is 28.2. The second-order valence-corrected chi connectivity index (χ2v) is 6.62. The van der Waals surface area contributed by atoms with Gasteiger partial charge in [-0.1, -0.05) is 54.6 Å². The highest BCUT2D eigenvalue weighted by molar-refractivity contribution is 6.07. The van der Waals surface area contributed by atoms with Crippen molar-refractivity contribution in [2.75, 3.05) is 6.61 Å². The van der Waals surface area contributed by atoms with Gasteiger partial charge in [-0.25, -0.2) is 4.79 Å². The van der Waals surface area contributed by atoms with E-state index in [2.05, 4.69) is 15.2 Å². The van der Waals surface area contributed by atoms with Crippen LogP contribution in [0.3, 0.4) is 0 Å². The van der Waals surface area contributed by atoms with Crippen LogP contribution in [-0.2, 0) is 11.2 Å². The number of rotatable bonds is 5. The maximum Gasteiger partial charge on any atom is 0.340 e. The van der Waals surface area contributed by atoms with Gasteiger partial charge in [0.25, 0.3) is 5.56 Å². The van der Waals surface area contributed by atoms with Gasteiger partial charge in [-0.15, -0.1) is 0 Å². The van der Waals surface area contributed by atoms with E-state index in [0.29, 0.717) is 28.2 Å². The van der Waals surface area contributed by atoms with Crippen molar-refractivity contribution in [1.29, 1.82) is 0 Å². The zero-order chi connectivity index (χ0) is 20.2. The van der Waals surface area contributed by atoms with E-state index >= 15 is 0 Å². The van der Waals surface area contributed by atoms with E-state index < -0.39 is 5.97 Å². The number of fused-ring (bicyclic) bond motifs is 1. The second-order valence-electron chi connectivity index (χ2n) is 6.62. The molecule has 0 unspecified atom stereocenters. The molecule has 0 aliphatic heterocycles. The van der Waals surface area contributed by atoms with E-state index in [0.717, 1.165) is 16.5 Å². The van der Waals surface area contributed by atoms with Gasteiger partial charge >= 0.3 is 5.97 Å². The standard InChI is InChI=1S/C23H21N3O3/c1-2-29-23(28)21-16-10-6-7-11-18(16)24-20(21)14-17-19(25-26-22(17)27)13-12-15-8-4-3-5-9-15/h3-11,13-14,24-25H,2,12H2,1H3,(H,26,27). The van der Waals surface area contributed by atoms with Crippen molar-refractivity contribution in [3.63, 3.8) is 0 Å². The van der Waals surface area contributed by atoms with Crippen LogP contribution in [0.15, 0.2) is 59.4 Å². The molecule has 0 aliphatic carbocycles. The fourth-order valence-corrected chi connectivity index (χ4v) is 3.36. The zero-order valence-electron chi connectivity index (χ0n) is 16.0. The van der Waals surface area contributed by atoms with Crippen LogP contribution in [0.25, 0.3) is 23.1 Å². The molecule has 6 nitrogen and oxygen atoms in total. The number of nitrogens with one attached hydrogen (secondary N) is 3. The number of esters is 1. The summed E-state index contributed by atoms with van der Waals surface area (Å²) < 4.78 is 5.24. The van der Waals surface area contributed by atoms with E-state index in [4.69, 9.17) is 4.74 Å². The maximum atomic E-state index is 12.6. The Balaban J connectivity index is 1.86. The number of hydrogen-bond donors (Lipinski definition) is 3. The summed E-state index contributed by atoms with van der Waals surface area (Å²) in [6, 6.07) is 17.5. The Labute approximate surface area is 166 Å². The molecule has 0 radical (unpaired) electrons. The van der Waals surface area contributed by atoms with Gasteiger partial charge in [0, 0.05) is 10.9 Å². The average Bonchev–Trinajstić information content (AvgIpc) is 3.28. The fourth-order valence-electron chi connectivity index (χ4n) is 3.36. The first-order valence-corrected chi connectivity index (χ1v) is 9.47. The number of para-hydroxylation sites is 1. The van der Waals surface area contributed by atoms with Crippen LogP contribution in [-0.4, -0.2) is 27.8 Å². The Morgan fingerprint density at radius 2 is 1.79 bits per heavy atom. The van der Waals surface area contributed by atoms with Crippen molar-refractivity contribution >= 4 is 29.0 Å². The first-order chi connectivity index (χ1) is 14.2. The number of aromatic amines is 3. The maximum absolute atomic E-state index is 12.6. The third-order valence-corrected chi connectivity index (χ3v) is 4.73. The highest BCUT2D eigenvalue weighted by atomic mass is 16.5. The van der Waals surface area contributed by atoms with E-state index in [1.54, 1.807) is 13.0 Å². The van der Waals surface area contributed by atoms with Crippen LogP contribution in [0.1, 0.15) is 28.5 Å². The fraction of sp³-hybridized carbons (Fsp3) is 0.130. The van der Waals surface area contributed by atoms with E-state index in [9.17, 15) is 9.59 Å². The molecule has 0 saturated carbocycles. The van der Waals surface area contributed by atoms with Crippen LogP contribution in [0.5, 0.6) is 0 Å². The minimum atomic E-state index is -0.419. The normalized spacial score (nSPS) is 12.6. The summed E-state index contributed by atoms with van der Waals surface area (Å²) in [6.07, 6.45) is 4.32. The molecule has 4 rings (SSSR count). The third kappa shape index (κ3) is 3.78. The van der Waals surface area contributed by atoms with E-state index in [-0.39, 0.29) is 12.2 Å². The zero-order valence-corrected chi connectivity index (χ0v) is 16.0. The Morgan fingerprint density at radius 3 is 2.59 bits per heavy atom. The molecule has 0 fully saturated rings. The molecule has 0 spiro atoms. The second kappa shape index (κ2) is 8.06. The van der Waals surface area contributed by atoms with Crippen LogP contribution in [0, 0.1) is 0 Å². The molecular formula is C23H21N3O3. The van der Waals surface area contributed by atoms with Gasteiger partial charge in [-0.05, 0) is 31.1 Å². The topological polar surface area (TPSA) is 90.7 Å². The minimum Gasteiger partial charge on any atom is -0.462 e. The van der Waals surface area contributed by atoms with Gasteiger partial charge in [0.15, 0.2) is 0 Å². The van der Waals surface area contributed by atoms with Gasteiger partial charge in [-0.3, -0.25) is 15.0 Å². The number of benzene rings is 2. The lowest BCUT2D eigenvalue weighted by Gasteiger charge is -2.01. The van der Waals surface area contributed by atoms with Crippen LogP contribution < -0.4 is 16.1 Å². The first-order valence-electron chi connectivity index (χ1n) is 9.47. The summed E-state index contributed by atoms with van der Waals surface area (Å²) in [7, 11) is 0. The van der Waals surface area contributed by atoms with Gasteiger partial charge in [0.1, 0.15) is 0 Å². The summed E-state index contributed by atoms with van der Waals surface area (Å²) in [5, 5.41) is 7.44. The smallest absolute Gasteiger partial charge is 0.340 e. The quantitative estimate of drug-likeness (QED) is 0.459. The monoisotopic (exact) mass is 387 g/mol. The van der Waals surface area contributed by atoms with Gasteiger partial charge in [0.2, 0.25) is 0 Å². The lowest BCUT2D eigenvalue weighted by molar-refractivity contribution is 0.0528. The number of aromatic nitrogens is 3. The molecule has 2 aromatic carbocycles. The lowest BCUT2D eigenvalue weighted by Crippen LogP contribution is -2.33. The van der Waals surface area contributed by atoms with Crippen LogP contribution >= 0.6 is 0 Å². The molecule has 2 aromatic heterocycles. The number of carbonyl (C=O) groups excluding carboxylic acids is 1. The first kappa shape index (κ1) is 18.6. The van der Waals surface area contributed by atoms with Crippen molar-refractivity contribution < 1.29 is 9.53 Å². The van der Waals surface area contributed by atoms with E-state index in [1.165, 1.54) is 0 Å². The van der Waals surface area contributed by atoms with Gasteiger partial charge in [-0.2, -0.15) is 0 Å².